The molecule has 0 saturated carbocycles. The van der Waals surface area contributed by atoms with Crippen LogP contribution in [-0.4, -0.2) is 113 Å². The molecule has 0 spiro atoms. The number of fused-ring (bicyclic) bond motifs is 3. The Morgan fingerprint density at radius 1 is 0.886 bits per heavy atom. The lowest BCUT2D eigenvalue weighted by Crippen LogP contribution is -2.64. The number of ether oxygens (including phenoxy) is 5. The minimum atomic E-state index is -5.23. The number of alkyl halides is 5. The second-order valence-electron chi connectivity index (χ2n) is 19.6. The van der Waals surface area contributed by atoms with Crippen LogP contribution in [0.1, 0.15) is 69.7 Å². The molecule has 6 heterocycles. The van der Waals surface area contributed by atoms with E-state index in [0.29, 0.717) is 35.6 Å². The Bertz CT molecular complexity index is 2760. The molecule has 5 aromatic rings. The van der Waals surface area contributed by atoms with E-state index in [1.807, 2.05) is 0 Å². The molecule has 2 unspecified atom stereocenters. The molecule has 70 heavy (non-hydrogen) atoms. The van der Waals surface area contributed by atoms with Crippen molar-refractivity contribution in [1.29, 1.82) is 0 Å². The smallest absolute Gasteiger partial charge is 0.417 e. The first-order chi connectivity index (χ1) is 33.0. The van der Waals surface area contributed by atoms with Crippen molar-refractivity contribution in [2.24, 2.45) is 0 Å². The summed E-state index contributed by atoms with van der Waals surface area (Å²) in [6, 6.07) is 13.0. The Hall–Kier alpha value is -6.31. The molecule has 4 aliphatic heterocycles. The summed E-state index contributed by atoms with van der Waals surface area (Å²) < 4.78 is 141. The second-order valence-corrected chi connectivity index (χ2v) is 19.6. The zero-order chi connectivity index (χ0) is 50.2. The average molecular weight is 982 g/mol. The molecule has 0 N–H and O–H groups in total. The van der Waals surface area contributed by atoms with Gasteiger partial charge in [-0.1, -0.05) is 24.3 Å². The zero-order valence-electron chi connectivity index (χ0n) is 40.0. The Balaban J connectivity index is 1.22. The van der Waals surface area contributed by atoms with E-state index in [2.05, 4.69) is 9.97 Å². The number of benzene rings is 3. The summed E-state index contributed by atoms with van der Waals surface area (Å²) in [6.45, 7) is 9.61. The van der Waals surface area contributed by atoms with E-state index in [1.165, 1.54) is 26.0 Å². The minimum Gasteiger partial charge on any atom is -0.497 e. The third-order valence-corrected chi connectivity index (χ3v) is 13.7. The lowest BCUT2D eigenvalue weighted by Gasteiger charge is -2.47. The van der Waals surface area contributed by atoms with Crippen LogP contribution in [0.25, 0.3) is 22.2 Å². The van der Waals surface area contributed by atoms with Gasteiger partial charge in [0.25, 0.3) is 5.92 Å². The van der Waals surface area contributed by atoms with Gasteiger partial charge < -0.3 is 38.4 Å². The molecule has 374 valence electrons. The van der Waals surface area contributed by atoms with Crippen molar-refractivity contribution in [3.63, 3.8) is 0 Å². The summed E-state index contributed by atoms with van der Waals surface area (Å²) in [7, 11) is 3.00. The predicted octanol–water partition coefficient (Wildman–Crippen LogP) is 9.98. The van der Waals surface area contributed by atoms with Crippen molar-refractivity contribution >= 4 is 28.5 Å². The highest BCUT2D eigenvalue weighted by atomic mass is 19.4. The first-order valence-corrected chi connectivity index (χ1v) is 23.0. The fraction of sp³-hybridized carbons (Fsp3) is 0.480. The highest BCUT2D eigenvalue weighted by Gasteiger charge is 2.60. The third kappa shape index (κ3) is 9.02. The maximum Gasteiger partial charge on any atom is 0.417 e. The topological polar surface area (TPSA) is 115 Å². The molecule has 13 nitrogen and oxygen atoms in total. The van der Waals surface area contributed by atoms with Crippen LogP contribution < -0.4 is 28.7 Å². The number of aromatic nitrogens is 3. The molecular weight excluding hydrogens is 928 g/mol. The SMILES string of the molecule is COc1ccc(CN(Cc2ccc(OC)cc2)c2cc(C)c(C(F)(F)F)c(-c3nc4c5c(nc(OCC67CCN6CC(F)(F)C7)nc5c3F)N3CCN(C(=O)OC(C)(C)C)[C@@H](C)C3[C@H](C)O4)c2F)cc1. The number of halogens is 7. The van der Waals surface area contributed by atoms with Crippen LogP contribution >= 0.6 is 0 Å². The Labute approximate surface area is 400 Å². The van der Waals surface area contributed by atoms with Gasteiger partial charge in [-0.25, -0.2) is 27.3 Å². The summed E-state index contributed by atoms with van der Waals surface area (Å²) in [6.07, 6.45) is -6.86. The van der Waals surface area contributed by atoms with E-state index in [9.17, 15) is 13.6 Å². The van der Waals surface area contributed by atoms with Crippen molar-refractivity contribution < 1.29 is 59.2 Å². The number of methoxy groups -OCH3 is 2. The first kappa shape index (κ1) is 48.7. The Morgan fingerprint density at radius 2 is 1.51 bits per heavy atom. The van der Waals surface area contributed by atoms with E-state index in [-0.39, 0.29) is 49.7 Å². The van der Waals surface area contributed by atoms with E-state index in [0.717, 1.165) is 6.07 Å². The number of carbonyl (C=O) groups excluding carboxylic acids is 1. The number of anilines is 2. The van der Waals surface area contributed by atoms with Gasteiger partial charge >= 0.3 is 18.3 Å². The molecule has 20 heteroatoms. The van der Waals surface area contributed by atoms with Crippen LogP contribution in [0.4, 0.5) is 47.0 Å². The summed E-state index contributed by atoms with van der Waals surface area (Å²) >= 11 is 0. The number of nitrogens with zero attached hydrogens (tertiary/aromatic N) is 7. The van der Waals surface area contributed by atoms with Gasteiger partial charge in [0.15, 0.2) is 11.6 Å². The van der Waals surface area contributed by atoms with Gasteiger partial charge in [0.2, 0.25) is 5.88 Å². The van der Waals surface area contributed by atoms with E-state index < -0.39 is 112 Å². The van der Waals surface area contributed by atoms with Crippen molar-refractivity contribution in [3.8, 4) is 34.6 Å². The van der Waals surface area contributed by atoms with Gasteiger partial charge in [-0.3, -0.25) is 4.90 Å². The Morgan fingerprint density at radius 3 is 2.06 bits per heavy atom. The number of aryl methyl sites for hydroxylation is 1. The predicted molar refractivity (Wildman–Crippen MR) is 246 cm³/mol. The molecule has 3 aromatic carbocycles. The highest BCUT2D eigenvalue weighted by Crippen LogP contribution is 2.50. The Kier molecular flexibility index (Phi) is 12.4. The first-order valence-electron chi connectivity index (χ1n) is 23.0. The molecule has 3 saturated heterocycles. The molecule has 0 aliphatic carbocycles. The number of carbonyl (C=O) groups is 1. The van der Waals surface area contributed by atoms with Crippen LogP contribution in [0.5, 0.6) is 23.4 Å². The van der Waals surface area contributed by atoms with Crippen molar-refractivity contribution in [1.82, 2.24) is 24.8 Å². The van der Waals surface area contributed by atoms with E-state index in [4.69, 9.17) is 28.7 Å². The number of hydrogen-bond acceptors (Lipinski definition) is 12. The van der Waals surface area contributed by atoms with Crippen LogP contribution in [0.2, 0.25) is 0 Å². The monoisotopic (exact) mass is 981 g/mol. The van der Waals surface area contributed by atoms with Crippen LogP contribution in [-0.2, 0) is 24.0 Å². The number of hydrogen-bond donors (Lipinski definition) is 0. The number of piperazine rings is 1. The zero-order valence-corrected chi connectivity index (χ0v) is 40.0. The van der Waals surface area contributed by atoms with Gasteiger partial charge in [0, 0.05) is 39.1 Å². The molecular formula is C50H54F7N7O6. The van der Waals surface area contributed by atoms with Crippen LogP contribution in [0.15, 0.2) is 54.6 Å². The summed E-state index contributed by atoms with van der Waals surface area (Å²) in [4.78, 5) is 33.6. The summed E-state index contributed by atoms with van der Waals surface area (Å²) in [5.74, 6) is -5.11. The normalized spacial score (nSPS) is 21.8. The number of rotatable bonds is 11. The lowest BCUT2D eigenvalue weighted by atomic mass is 9.85. The van der Waals surface area contributed by atoms with Crippen molar-refractivity contribution in [2.45, 2.75) is 109 Å². The van der Waals surface area contributed by atoms with Crippen LogP contribution in [0.3, 0.4) is 0 Å². The van der Waals surface area contributed by atoms with Crippen molar-refractivity contribution in [3.05, 3.63) is 88.5 Å². The maximum atomic E-state index is 17.9. The minimum absolute atomic E-state index is 0.00541. The molecule has 1 amide bonds. The molecule has 4 aliphatic rings. The van der Waals surface area contributed by atoms with Crippen LogP contribution in [0, 0.1) is 18.6 Å². The molecule has 0 bridgehead atoms. The van der Waals surface area contributed by atoms with E-state index in [1.54, 1.807) is 97.8 Å². The largest absolute Gasteiger partial charge is 0.497 e. The summed E-state index contributed by atoms with van der Waals surface area (Å²) in [5.41, 5.74) is -5.58. The van der Waals surface area contributed by atoms with Gasteiger partial charge in [-0.2, -0.15) is 23.1 Å². The standard InChI is InChI=1S/C50H54F7N7O6/c1-27-21-34(61(22-30-9-13-32(66-7)14-10-30)23-31-11-15-33(67-8)16-12-31)38(51)35(37(27)50(55,56)57)40-39(52)41-36-43(60-45(59-41)68-26-48-17-18-62(48)25-49(53,54)24-48)64-20-19-63(46(65)70-47(4,5)6)28(2)42(64)29(3)69-44(36)58-40/h9-16,21,28-29,42H,17-20,22-26H2,1-8H3/t28-,29-,42?,48?/m0/s1. The maximum absolute atomic E-state index is 17.9. The molecule has 0 radical (unpaired) electrons. The number of pyridine rings is 1. The molecule has 3 fully saturated rings. The summed E-state index contributed by atoms with van der Waals surface area (Å²) in [5, 5.41) is -0.140. The lowest BCUT2D eigenvalue weighted by molar-refractivity contribution is -0.137. The van der Waals surface area contributed by atoms with Gasteiger partial charge in [-0.15, -0.1) is 0 Å². The quantitative estimate of drug-likeness (QED) is 0.117. The van der Waals surface area contributed by atoms with Gasteiger partial charge in [0.05, 0.1) is 55.2 Å². The molecule has 4 atom stereocenters. The van der Waals surface area contributed by atoms with Gasteiger partial charge in [-0.05, 0) is 95.0 Å². The van der Waals surface area contributed by atoms with Crippen molar-refractivity contribution in [2.75, 3.05) is 56.8 Å². The highest BCUT2D eigenvalue weighted by molar-refractivity contribution is 5.98. The fourth-order valence-corrected chi connectivity index (χ4v) is 10.3. The average Bonchev–Trinajstić information content (AvgIpc) is 3.38. The van der Waals surface area contributed by atoms with E-state index >= 15 is 22.0 Å². The number of amides is 1. The molecule has 2 aromatic heterocycles. The van der Waals surface area contributed by atoms with Gasteiger partial charge in [0.1, 0.15) is 52.2 Å². The second kappa shape index (κ2) is 17.8. The molecule has 9 rings (SSSR count). The fourth-order valence-electron chi connectivity index (χ4n) is 10.3. The third-order valence-electron chi connectivity index (χ3n) is 13.7.